The molecule has 0 atom stereocenters. The van der Waals surface area contributed by atoms with Crippen LogP contribution >= 0.6 is 35.0 Å². The van der Waals surface area contributed by atoms with Gasteiger partial charge < -0.3 is 9.52 Å². The van der Waals surface area contributed by atoms with Crippen LogP contribution in [-0.4, -0.2) is 22.2 Å². The topological polar surface area (TPSA) is 83.1 Å². The van der Waals surface area contributed by atoms with Gasteiger partial charge in [0.1, 0.15) is 11.5 Å². The number of hydrogen-bond donors (Lipinski definition) is 1. The van der Waals surface area contributed by atoms with Crippen molar-refractivity contribution in [3.8, 4) is 11.3 Å². The monoisotopic (exact) mass is 534 g/mol. The highest BCUT2D eigenvalue weighted by atomic mass is 35.5. The first-order chi connectivity index (χ1) is 17.4. The van der Waals surface area contributed by atoms with E-state index in [0.717, 1.165) is 5.56 Å². The SMILES string of the molecule is O=C(O)c1ccc(-c2ccc(C=C3SC(=Nc4ccc(Cl)cc4)N(c4ccc(Cl)cc4)C3=O)o2)cc1. The molecule has 1 amide bonds. The van der Waals surface area contributed by atoms with Crippen molar-refractivity contribution >= 4 is 69.5 Å². The molecule has 0 spiro atoms. The summed E-state index contributed by atoms with van der Waals surface area (Å²) in [6.45, 7) is 0. The van der Waals surface area contributed by atoms with Gasteiger partial charge in [-0.25, -0.2) is 9.79 Å². The lowest BCUT2D eigenvalue weighted by atomic mass is 10.1. The predicted molar refractivity (Wildman–Crippen MR) is 144 cm³/mol. The molecule has 3 aromatic carbocycles. The minimum Gasteiger partial charge on any atom is -0.478 e. The molecule has 1 fully saturated rings. The number of amidine groups is 1. The number of rotatable bonds is 5. The molecule has 0 saturated carbocycles. The molecule has 5 rings (SSSR count). The van der Waals surface area contributed by atoms with Crippen LogP contribution in [0.25, 0.3) is 17.4 Å². The Labute approximate surface area is 220 Å². The van der Waals surface area contributed by atoms with Crippen LogP contribution in [0.15, 0.2) is 99.2 Å². The summed E-state index contributed by atoms with van der Waals surface area (Å²) >= 11 is 13.3. The Hall–Kier alpha value is -3.78. The molecule has 1 saturated heterocycles. The summed E-state index contributed by atoms with van der Waals surface area (Å²) in [5.41, 5.74) is 2.20. The van der Waals surface area contributed by atoms with Crippen molar-refractivity contribution < 1.29 is 19.1 Å². The minimum atomic E-state index is -0.996. The molecule has 36 heavy (non-hydrogen) atoms. The summed E-state index contributed by atoms with van der Waals surface area (Å²) in [5, 5.41) is 10.7. The van der Waals surface area contributed by atoms with E-state index in [0.29, 0.717) is 43.0 Å². The zero-order valence-corrected chi connectivity index (χ0v) is 20.7. The van der Waals surface area contributed by atoms with Crippen molar-refractivity contribution in [2.75, 3.05) is 4.90 Å². The van der Waals surface area contributed by atoms with E-state index < -0.39 is 5.97 Å². The Morgan fingerprint density at radius 2 is 1.53 bits per heavy atom. The molecule has 2 heterocycles. The third-order valence-electron chi connectivity index (χ3n) is 5.26. The van der Waals surface area contributed by atoms with Crippen LogP contribution in [0.3, 0.4) is 0 Å². The Balaban J connectivity index is 1.48. The van der Waals surface area contributed by atoms with Crippen LogP contribution in [0.4, 0.5) is 11.4 Å². The van der Waals surface area contributed by atoms with E-state index in [1.807, 2.05) is 0 Å². The van der Waals surface area contributed by atoms with Crippen molar-refractivity contribution in [3.63, 3.8) is 0 Å². The molecule has 1 aliphatic heterocycles. The second-order valence-electron chi connectivity index (χ2n) is 7.68. The molecule has 0 aliphatic carbocycles. The zero-order valence-electron chi connectivity index (χ0n) is 18.4. The van der Waals surface area contributed by atoms with E-state index >= 15 is 0 Å². The first-order valence-electron chi connectivity index (χ1n) is 10.6. The molecule has 4 aromatic rings. The molecule has 1 aromatic heterocycles. The minimum absolute atomic E-state index is 0.190. The van der Waals surface area contributed by atoms with Crippen molar-refractivity contribution in [1.82, 2.24) is 0 Å². The Morgan fingerprint density at radius 1 is 0.889 bits per heavy atom. The molecule has 9 heteroatoms. The van der Waals surface area contributed by atoms with E-state index in [-0.39, 0.29) is 11.5 Å². The van der Waals surface area contributed by atoms with Crippen LogP contribution in [0.5, 0.6) is 0 Å². The smallest absolute Gasteiger partial charge is 0.335 e. The number of furan rings is 1. The van der Waals surface area contributed by atoms with Gasteiger partial charge in [-0.15, -0.1) is 0 Å². The number of carbonyl (C=O) groups is 2. The Kier molecular flexibility index (Phi) is 6.69. The molecule has 0 bridgehead atoms. The lowest BCUT2D eigenvalue weighted by Gasteiger charge is -2.15. The molecular weight excluding hydrogens is 519 g/mol. The number of anilines is 1. The number of carbonyl (C=O) groups excluding carboxylic acids is 1. The van der Waals surface area contributed by atoms with Crippen molar-refractivity contribution in [1.29, 1.82) is 0 Å². The standard InChI is InChI=1S/C27H16Cl2N2O4S/c28-18-5-9-20(10-6-18)30-27-31(21-11-7-19(29)8-12-21)25(32)24(36-27)15-22-13-14-23(35-22)16-1-3-17(4-2-16)26(33)34/h1-15H,(H,33,34). The number of thioether (sulfide) groups is 1. The van der Waals surface area contributed by atoms with E-state index in [1.165, 1.54) is 28.8 Å². The van der Waals surface area contributed by atoms with Crippen molar-refractivity contribution in [2.24, 2.45) is 4.99 Å². The van der Waals surface area contributed by atoms with Gasteiger partial charge in [-0.2, -0.15) is 0 Å². The highest BCUT2D eigenvalue weighted by Crippen LogP contribution is 2.38. The van der Waals surface area contributed by atoms with E-state index in [9.17, 15) is 9.59 Å². The van der Waals surface area contributed by atoms with Gasteiger partial charge in [-0.3, -0.25) is 9.69 Å². The Bertz CT molecular complexity index is 1510. The van der Waals surface area contributed by atoms with E-state index in [2.05, 4.69) is 4.99 Å². The maximum absolute atomic E-state index is 13.4. The number of carboxylic acid groups (broad SMARTS) is 1. The normalized spacial score (nSPS) is 15.7. The number of amides is 1. The zero-order chi connectivity index (χ0) is 25.2. The summed E-state index contributed by atoms with van der Waals surface area (Å²) < 4.78 is 5.92. The Morgan fingerprint density at radius 3 is 2.17 bits per heavy atom. The number of aromatic carboxylic acids is 1. The van der Waals surface area contributed by atoms with Gasteiger partial charge in [0.25, 0.3) is 5.91 Å². The summed E-state index contributed by atoms with van der Waals surface area (Å²) in [7, 11) is 0. The summed E-state index contributed by atoms with van der Waals surface area (Å²) in [6, 6.07) is 23.9. The largest absolute Gasteiger partial charge is 0.478 e. The van der Waals surface area contributed by atoms with Crippen LogP contribution in [0.2, 0.25) is 10.0 Å². The fourth-order valence-corrected chi connectivity index (χ4v) is 4.72. The van der Waals surface area contributed by atoms with Crippen LogP contribution in [-0.2, 0) is 4.79 Å². The highest BCUT2D eigenvalue weighted by Gasteiger charge is 2.35. The van der Waals surface area contributed by atoms with Gasteiger partial charge in [-0.05, 0) is 84.6 Å². The third kappa shape index (κ3) is 5.09. The van der Waals surface area contributed by atoms with E-state index in [4.69, 9.17) is 32.7 Å². The maximum Gasteiger partial charge on any atom is 0.335 e. The number of carboxylic acids is 1. The lowest BCUT2D eigenvalue weighted by molar-refractivity contribution is -0.113. The van der Waals surface area contributed by atoms with Gasteiger partial charge in [-0.1, -0.05) is 35.3 Å². The molecule has 178 valence electrons. The lowest BCUT2D eigenvalue weighted by Crippen LogP contribution is -2.28. The van der Waals surface area contributed by atoms with E-state index in [1.54, 1.807) is 78.9 Å². The van der Waals surface area contributed by atoms with Gasteiger partial charge in [0.05, 0.1) is 21.8 Å². The second kappa shape index (κ2) is 10.1. The van der Waals surface area contributed by atoms with Gasteiger partial charge in [0, 0.05) is 21.7 Å². The molecule has 0 radical (unpaired) electrons. The maximum atomic E-state index is 13.4. The summed E-state index contributed by atoms with van der Waals surface area (Å²) in [6.07, 6.45) is 1.66. The van der Waals surface area contributed by atoms with Crippen LogP contribution in [0, 0.1) is 0 Å². The van der Waals surface area contributed by atoms with Crippen molar-refractivity contribution in [2.45, 2.75) is 0 Å². The van der Waals surface area contributed by atoms with Gasteiger partial charge >= 0.3 is 5.97 Å². The summed E-state index contributed by atoms with van der Waals surface area (Å²) in [4.78, 5) is 31.1. The molecule has 0 unspecified atom stereocenters. The van der Waals surface area contributed by atoms with Gasteiger partial charge in [0.2, 0.25) is 0 Å². The quantitative estimate of drug-likeness (QED) is 0.264. The van der Waals surface area contributed by atoms with Gasteiger partial charge in [0.15, 0.2) is 5.17 Å². The average Bonchev–Trinajstić information content (AvgIpc) is 3.46. The third-order valence-corrected chi connectivity index (χ3v) is 6.73. The molecule has 1 aliphatic rings. The second-order valence-corrected chi connectivity index (χ2v) is 9.56. The number of benzene rings is 3. The summed E-state index contributed by atoms with van der Waals surface area (Å²) in [5.74, 6) is -0.214. The highest BCUT2D eigenvalue weighted by molar-refractivity contribution is 8.19. The molecule has 6 nitrogen and oxygen atoms in total. The molecule has 1 N–H and O–H groups in total. The fourth-order valence-electron chi connectivity index (χ4n) is 3.48. The number of nitrogens with zero attached hydrogens (tertiary/aromatic N) is 2. The van der Waals surface area contributed by atoms with Crippen LogP contribution in [0.1, 0.15) is 16.1 Å². The van der Waals surface area contributed by atoms with Crippen molar-refractivity contribution in [3.05, 3.63) is 111 Å². The predicted octanol–water partition coefficient (Wildman–Crippen LogP) is 7.76. The van der Waals surface area contributed by atoms with Crippen LogP contribution < -0.4 is 4.90 Å². The molecular formula is C27H16Cl2N2O4S. The number of hydrogen-bond acceptors (Lipinski definition) is 5. The fraction of sp³-hybridized carbons (Fsp3) is 0. The number of halogens is 2. The average molecular weight is 535 g/mol. The first kappa shape index (κ1) is 23.9. The first-order valence-corrected chi connectivity index (χ1v) is 12.2. The number of aliphatic imine (C=N–C) groups is 1.